The number of hydrogen-bond acceptors (Lipinski definition) is 3. The van der Waals surface area contributed by atoms with Gasteiger partial charge in [-0.25, -0.2) is 0 Å². The highest BCUT2D eigenvalue weighted by atomic mass is 16.3. The monoisotopic (exact) mass is 342 g/mol. The van der Waals surface area contributed by atoms with Crippen LogP contribution in [0.2, 0.25) is 0 Å². The molecule has 134 valence electrons. The number of benzene rings is 1. The smallest absolute Gasteiger partial charge is 0.286 e. The van der Waals surface area contributed by atoms with Crippen LogP contribution in [-0.4, -0.2) is 18.4 Å². The maximum absolute atomic E-state index is 12.0. The van der Waals surface area contributed by atoms with Crippen molar-refractivity contribution in [1.29, 1.82) is 0 Å². The van der Waals surface area contributed by atoms with E-state index in [0.717, 1.165) is 12.0 Å². The SMILES string of the molecule is CC(C)Cc1ccc([C@@H](C)NC(=O)CCNC(=O)c2ccco2)cc1. The summed E-state index contributed by atoms with van der Waals surface area (Å²) in [5.41, 5.74) is 2.37. The maximum Gasteiger partial charge on any atom is 0.286 e. The molecule has 0 fully saturated rings. The van der Waals surface area contributed by atoms with Gasteiger partial charge in [-0.2, -0.15) is 0 Å². The average molecular weight is 342 g/mol. The van der Waals surface area contributed by atoms with Crippen LogP contribution in [-0.2, 0) is 11.2 Å². The quantitative estimate of drug-likeness (QED) is 0.771. The highest BCUT2D eigenvalue weighted by molar-refractivity contribution is 5.91. The van der Waals surface area contributed by atoms with Gasteiger partial charge in [0.05, 0.1) is 12.3 Å². The summed E-state index contributed by atoms with van der Waals surface area (Å²) < 4.78 is 5.00. The number of hydrogen-bond donors (Lipinski definition) is 2. The van der Waals surface area contributed by atoms with Crippen LogP contribution in [0.3, 0.4) is 0 Å². The molecule has 0 spiro atoms. The standard InChI is InChI=1S/C20H26N2O3/c1-14(2)13-16-6-8-17(9-7-16)15(3)22-19(23)10-11-21-20(24)18-5-4-12-25-18/h4-9,12,14-15H,10-11,13H2,1-3H3,(H,21,24)(H,22,23)/t15-/m1/s1. The third-order valence-corrected chi connectivity index (χ3v) is 3.88. The highest BCUT2D eigenvalue weighted by Gasteiger charge is 2.11. The Kier molecular flexibility index (Phi) is 6.81. The van der Waals surface area contributed by atoms with E-state index in [-0.39, 0.29) is 36.6 Å². The first-order valence-corrected chi connectivity index (χ1v) is 8.65. The highest BCUT2D eigenvalue weighted by Crippen LogP contribution is 2.15. The molecule has 2 rings (SSSR count). The first-order valence-electron chi connectivity index (χ1n) is 8.65. The van der Waals surface area contributed by atoms with Crippen LogP contribution in [0, 0.1) is 5.92 Å². The molecule has 2 N–H and O–H groups in total. The summed E-state index contributed by atoms with van der Waals surface area (Å²) >= 11 is 0. The fourth-order valence-electron chi connectivity index (χ4n) is 2.60. The van der Waals surface area contributed by atoms with Crippen LogP contribution in [0.4, 0.5) is 0 Å². The van der Waals surface area contributed by atoms with Crippen molar-refractivity contribution < 1.29 is 14.0 Å². The van der Waals surface area contributed by atoms with E-state index in [0.29, 0.717) is 5.92 Å². The Morgan fingerprint density at radius 1 is 1.08 bits per heavy atom. The number of furan rings is 1. The van der Waals surface area contributed by atoms with Crippen LogP contribution >= 0.6 is 0 Å². The second kappa shape index (κ2) is 9.06. The van der Waals surface area contributed by atoms with Crippen molar-refractivity contribution in [3.8, 4) is 0 Å². The Balaban J connectivity index is 1.75. The third-order valence-electron chi connectivity index (χ3n) is 3.88. The summed E-state index contributed by atoms with van der Waals surface area (Å²) in [6, 6.07) is 11.5. The van der Waals surface area contributed by atoms with E-state index in [4.69, 9.17) is 4.42 Å². The van der Waals surface area contributed by atoms with Gasteiger partial charge in [0, 0.05) is 13.0 Å². The van der Waals surface area contributed by atoms with Crippen molar-refractivity contribution in [3.63, 3.8) is 0 Å². The normalized spacial score (nSPS) is 12.0. The Bertz CT molecular complexity index is 675. The van der Waals surface area contributed by atoms with E-state index in [1.807, 2.05) is 6.92 Å². The molecule has 1 atom stereocenters. The van der Waals surface area contributed by atoms with Gasteiger partial charge in [-0.3, -0.25) is 9.59 Å². The van der Waals surface area contributed by atoms with Crippen LogP contribution in [0.1, 0.15) is 54.9 Å². The lowest BCUT2D eigenvalue weighted by molar-refractivity contribution is -0.121. The van der Waals surface area contributed by atoms with E-state index < -0.39 is 0 Å². The molecule has 1 aromatic carbocycles. The molecule has 0 bridgehead atoms. The molecule has 2 amide bonds. The molecule has 0 radical (unpaired) electrons. The van der Waals surface area contributed by atoms with Gasteiger partial charge in [0.2, 0.25) is 5.91 Å². The van der Waals surface area contributed by atoms with Gasteiger partial charge in [-0.1, -0.05) is 38.1 Å². The largest absolute Gasteiger partial charge is 0.459 e. The number of amides is 2. The van der Waals surface area contributed by atoms with Gasteiger partial charge in [0.1, 0.15) is 0 Å². The molecule has 0 unspecified atom stereocenters. The van der Waals surface area contributed by atoms with Crippen molar-refractivity contribution in [2.75, 3.05) is 6.54 Å². The Hall–Kier alpha value is -2.56. The van der Waals surface area contributed by atoms with Crippen molar-refractivity contribution in [1.82, 2.24) is 10.6 Å². The molecular formula is C20H26N2O3. The Morgan fingerprint density at radius 3 is 2.40 bits per heavy atom. The van der Waals surface area contributed by atoms with E-state index in [2.05, 4.69) is 48.7 Å². The second-order valence-electron chi connectivity index (χ2n) is 6.61. The van der Waals surface area contributed by atoms with Crippen molar-refractivity contribution in [2.45, 2.75) is 39.7 Å². The van der Waals surface area contributed by atoms with Crippen LogP contribution < -0.4 is 10.6 Å². The Morgan fingerprint density at radius 2 is 1.80 bits per heavy atom. The zero-order valence-corrected chi connectivity index (χ0v) is 15.0. The number of carbonyl (C=O) groups excluding carboxylic acids is 2. The van der Waals surface area contributed by atoms with Crippen LogP contribution in [0.25, 0.3) is 0 Å². The molecule has 0 aliphatic carbocycles. The van der Waals surface area contributed by atoms with Crippen molar-refractivity contribution in [3.05, 3.63) is 59.5 Å². The molecule has 0 saturated carbocycles. The molecule has 1 aromatic heterocycles. The van der Waals surface area contributed by atoms with Crippen molar-refractivity contribution >= 4 is 11.8 Å². The summed E-state index contributed by atoms with van der Waals surface area (Å²) in [4.78, 5) is 23.7. The predicted molar refractivity (Wildman–Crippen MR) is 97.2 cm³/mol. The summed E-state index contributed by atoms with van der Waals surface area (Å²) in [6.45, 7) is 6.62. The molecule has 0 saturated heterocycles. The lowest BCUT2D eigenvalue weighted by atomic mass is 10.00. The summed E-state index contributed by atoms with van der Waals surface area (Å²) in [7, 11) is 0. The molecule has 5 heteroatoms. The van der Waals surface area contributed by atoms with Crippen LogP contribution in [0.5, 0.6) is 0 Å². The van der Waals surface area contributed by atoms with Crippen molar-refractivity contribution in [2.24, 2.45) is 5.92 Å². The summed E-state index contributed by atoms with van der Waals surface area (Å²) in [5, 5.41) is 5.61. The summed E-state index contributed by atoms with van der Waals surface area (Å²) in [5.74, 6) is 0.458. The zero-order chi connectivity index (χ0) is 18.2. The van der Waals surface area contributed by atoms with Gasteiger partial charge in [-0.05, 0) is 42.5 Å². The van der Waals surface area contributed by atoms with Gasteiger partial charge in [-0.15, -0.1) is 0 Å². The predicted octanol–water partition coefficient (Wildman–Crippen LogP) is 3.48. The topological polar surface area (TPSA) is 71.3 Å². The van der Waals surface area contributed by atoms with E-state index in [1.54, 1.807) is 12.1 Å². The first kappa shape index (κ1) is 18.8. The maximum atomic E-state index is 12.0. The minimum absolute atomic E-state index is 0.0682. The molecular weight excluding hydrogens is 316 g/mol. The molecule has 1 heterocycles. The zero-order valence-electron chi connectivity index (χ0n) is 15.0. The fraction of sp³-hybridized carbons (Fsp3) is 0.400. The summed E-state index contributed by atoms with van der Waals surface area (Å²) in [6.07, 6.45) is 2.72. The van der Waals surface area contributed by atoms with Gasteiger partial charge >= 0.3 is 0 Å². The molecule has 5 nitrogen and oxygen atoms in total. The number of carbonyl (C=O) groups is 2. The average Bonchev–Trinajstić information content (AvgIpc) is 3.09. The van der Waals surface area contributed by atoms with E-state index >= 15 is 0 Å². The minimum Gasteiger partial charge on any atom is -0.459 e. The molecule has 0 aliphatic heterocycles. The number of rotatable bonds is 8. The minimum atomic E-state index is -0.313. The second-order valence-corrected chi connectivity index (χ2v) is 6.61. The molecule has 25 heavy (non-hydrogen) atoms. The fourth-order valence-corrected chi connectivity index (χ4v) is 2.60. The van der Waals surface area contributed by atoms with E-state index in [9.17, 15) is 9.59 Å². The van der Waals surface area contributed by atoms with Gasteiger partial charge in [0.25, 0.3) is 5.91 Å². The number of nitrogens with one attached hydrogen (secondary N) is 2. The van der Waals surface area contributed by atoms with Gasteiger partial charge < -0.3 is 15.1 Å². The Labute approximate surface area is 148 Å². The molecule has 0 aliphatic rings. The van der Waals surface area contributed by atoms with Crippen LogP contribution in [0.15, 0.2) is 47.1 Å². The lowest BCUT2D eigenvalue weighted by Gasteiger charge is -2.15. The third kappa shape index (κ3) is 6.10. The lowest BCUT2D eigenvalue weighted by Crippen LogP contribution is -2.31. The molecule has 2 aromatic rings. The van der Waals surface area contributed by atoms with E-state index in [1.165, 1.54) is 11.8 Å². The van der Waals surface area contributed by atoms with Gasteiger partial charge in [0.15, 0.2) is 5.76 Å². The first-order chi connectivity index (χ1) is 12.0.